The monoisotopic (exact) mass is 463 g/mol. The molecule has 0 saturated carbocycles. The number of anilines is 1. The third kappa shape index (κ3) is 3.39. The van der Waals surface area contributed by atoms with Crippen LogP contribution in [0.25, 0.3) is 4.96 Å². The Kier molecular flexibility index (Phi) is 5.20. The summed E-state index contributed by atoms with van der Waals surface area (Å²) >= 11 is 1.06. The standard InChI is InChI=1S/C24H21N3O5S/c1-3-32-23(31)18-12-26-20(28)17(11-25-24(26)33-18)15-5-4-6-16-19(15)22(30)27(21(16)29)14-9-7-13(2)8-10-14/h4-5,7-12,15-16,19H,3,6H2,1-2H3/t15-,16-,19+/m1/s1. The molecule has 0 bridgehead atoms. The van der Waals surface area contributed by atoms with Gasteiger partial charge in [0, 0.05) is 23.9 Å². The van der Waals surface area contributed by atoms with Crippen molar-refractivity contribution in [3.8, 4) is 0 Å². The van der Waals surface area contributed by atoms with Crippen molar-refractivity contribution in [1.29, 1.82) is 0 Å². The molecule has 2 amide bonds. The number of aryl methyl sites for hydroxylation is 1. The van der Waals surface area contributed by atoms with Crippen LogP contribution in [0, 0.1) is 18.8 Å². The van der Waals surface area contributed by atoms with E-state index in [4.69, 9.17) is 4.74 Å². The number of allylic oxidation sites excluding steroid dienone is 2. The van der Waals surface area contributed by atoms with Crippen molar-refractivity contribution in [2.75, 3.05) is 11.5 Å². The molecule has 0 N–H and O–H groups in total. The van der Waals surface area contributed by atoms with Gasteiger partial charge >= 0.3 is 5.97 Å². The lowest BCUT2D eigenvalue weighted by atomic mass is 9.75. The Morgan fingerprint density at radius 1 is 1.18 bits per heavy atom. The van der Waals surface area contributed by atoms with Gasteiger partial charge in [-0.1, -0.05) is 41.2 Å². The van der Waals surface area contributed by atoms with E-state index in [0.29, 0.717) is 22.6 Å². The fourth-order valence-electron chi connectivity index (χ4n) is 4.56. The van der Waals surface area contributed by atoms with Gasteiger partial charge in [-0.25, -0.2) is 9.78 Å². The number of ether oxygens (including phenoxy) is 1. The molecule has 0 unspecified atom stereocenters. The van der Waals surface area contributed by atoms with Crippen molar-refractivity contribution in [1.82, 2.24) is 9.38 Å². The number of amides is 2. The van der Waals surface area contributed by atoms with E-state index in [2.05, 4.69) is 4.98 Å². The van der Waals surface area contributed by atoms with E-state index in [9.17, 15) is 19.2 Å². The van der Waals surface area contributed by atoms with Gasteiger partial charge < -0.3 is 4.74 Å². The zero-order valence-electron chi connectivity index (χ0n) is 18.1. The van der Waals surface area contributed by atoms with Crippen LogP contribution in [0.1, 0.15) is 40.1 Å². The predicted octanol–water partition coefficient (Wildman–Crippen LogP) is 3.09. The Morgan fingerprint density at radius 2 is 1.94 bits per heavy atom. The summed E-state index contributed by atoms with van der Waals surface area (Å²) in [5.41, 5.74) is 1.51. The number of hydrogen-bond acceptors (Lipinski definition) is 7. The minimum Gasteiger partial charge on any atom is -0.462 e. The van der Waals surface area contributed by atoms with Crippen LogP contribution in [0.3, 0.4) is 0 Å². The van der Waals surface area contributed by atoms with Gasteiger partial charge in [-0.15, -0.1) is 0 Å². The summed E-state index contributed by atoms with van der Waals surface area (Å²) < 4.78 is 6.33. The molecule has 1 fully saturated rings. The molecule has 3 heterocycles. The number of esters is 1. The van der Waals surface area contributed by atoms with Crippen LogP contribution in [0.5, 0.6) is 0 Å². The Hall–Kier alpha value is -3.59. The van der Waals surface area contributed by atoms with Crippen LogP contribution in [-0.4, -0.2) is 33.8 Å². The number of nitrogens with zero attached hydrogens (tertiary/aromatic N) is 3. The Balaban J connectivity index is 1.54. The zero-order valence-corrected chi connectivity index (χ0v) is 18.9. The van der Waals surface area contributed by atoms with Gasteiger partial charge in [-0.3, -0.25) is 23.7 Å². The maximum Gasteiger partial charge on any atom is 0.349 e. The lowest BCUT2D eigenvalue weighted by Gasteiger charge is -2.25. The average molecular weight is 464 g/mol. The molecule has 1 saturated heterocycles. The number of carbonyl (C=O) groups excluding carboxylic acids is 3. The zero-order chi connectivity index (χ0) is 23.3. The van der Waals surface area contributed by atoms with Crippen molar-refractivity contribution in [2.24, 2.45) is 11.8 Å². The molecule has 9 heteroatoms. The third-order valence-electron chi connectivity index (χ3n) is 6.16. The third-order valence-corrected chi connectivity index (χ3v) is 7.14. The van der Waals surface area contributed by atoms with E-state index in [1.807, 2.05) is 31.2 Å². The van der Waals surface area contributed by atoms with Gasteiger partial charge in [0.05, 0.1) is 24.1 Å². The van der Waals surface area contributed by atoms with Crippen LogP contribution >= 0.6 is 11.3 Å². The number of benzene rings is 1. The first-order valence-corrected chi connectivity index (χ1v) is 11.5. The van der Waals surface area contributed by atoms with Crippen molar-refractivity contribution in [2.45, 2.75) is 26.2 Å². The summed E-state index contributed by atoms with van der Waals surface area (Å²) in [5, 5.41) is 0. The maximum absolute atomic E-state index is 13.4. The largest absolute Gasteiger partial charge is 0.462 e. The molecular weight excluding hydrogens is 442 g/mol. The Bertz CT molecular complexity index is 1370. The second kappa shape index (κ2) is 8.08. The van der Waals surface area contributed by atoms with Gasteiger partial charge in [0.2, 0.25) is 11.8 Å². The molecule has 5 rings (SSSR count). The van der Waals surface area contributed by atoms with Crippen LogP contribution in [0.4, 0.5) is 5.69 Å². The maximum atomic E-state index is 13.4. The molecule has 1 aliphatic carbocycles. The molecule has 33 heavy (non-hydrogen) atoms. The average Bonchev–Trinajstić information content (AvgIpc) is 3.35. The first-order valence-electron chi connectivity index (χ1n) is 10.7. The topological polar surface area (TPSA) is 98.0 Å². The highest BCUT2D eigenvalue weighted by atomic mass is 32.1. The van der Waals surface area contributed by atoms with E-state index < -0.39 is 23.7 Å². The highest BCUT2D eigenvalue weighted by Gasteiger charge is 2.52. The van der Waals surface area contributed by atoms with Gasteiger partial charge in [-0.2, -0.15) is 0 Å². The summed E-state index contributed by atoms with van der Waals surface area (Å²) in [6, 6.07) is 7.23. The highest BCUT2D eigenvalue weighted by Crippen LogP contribution is 2.44. The Labute approximate surface area is 193 Å². The van der Waals surface area contributed by atoms with Gasteiger partial charge in [0.1, 0.15) is 4.88 Å². The first-order chi connectivity index (χ1) is 15.9. The molecule has 168 valence electrons. The minimum atomic E-state index is -0.681. The van der Waals surface area contributed by atoms with Crippen LogP contribution < -0.4 is 10.5 Å². The highest BCUT2D eigenvalue weighted by molar-refractivity contribution is 7.18. The fraction of sp³-hybridized carbons (Fsp3) is 0.292. The molecule has 0 spiro atoms. The summed E-state index contributed by atoms with van der Waals surface area (Å²) in [6.07, 6.45) is 6.97. The molecule has 2 aliphatic rings. The molecule has 3 aromatic rings. The van der Waals surface area contributed by atoms with Crippen LogP contribution in [0.15, 0.2) is 53.6 Å². The minimum absolute atomic E-state index is 0.226. The normalized spacial score (nSPS) is 22.1. The Morgan fingerprint density at radius 3 is 2.67 bits per heavy atom. The van der Waals surface area contributed by atoms with Gasteiger partial charge in [-0.05, 0) is 32.4 Å². The van der Waals surface area contributed by atoms with E-state index in [-0.39, 0.29) is 28.9 Å². The van der Waals surface area contributed by atoms with Crippen molar-refractivity contribution in [3.05, 3.63) is 75.2 Å². The number of thiazole rings is 1. The molecule has 1 aromatic carbocycles. The second-order valence-electron chi connectivity index (χ2n) is 8.16. The molecule has 3 atom stereocenters. The van der Waals surface area contributed by atoms with Crippen LogP contribution in [-0.2, 0) is 14.3 Å². The molecule has 1 aliphatic heterocycles. The molecule has 2 aromatic heterocycles. The molecular formula is C24H21N3O5S. The lowest BCUT2D eigenvalue weighted by molar-refractivity contribution is -0.122. The first kappa shape index (κ1) is 21.3. The lowest BCUT2D eigenvalue weighted by Crippen LogP contribution is -2.33. The summed E-state index contributed by atoms with van der Waals surface area (Å²) in [5.74, 6) is -2.89. The van der Waals surface area contributed by atoms with Crippen molar-refractivity contribution >= 4 is 39.8 Å². The van der Waals surface area contributed by atoms with Gasteiger partial charge in [0.15, 0.2) is 4.96 Å². The number of carbonyl (C=O) groups is 3. The summed E-state index contributed by atoms with van der Waals surface area (Å²) in [7, 11) is 0. The predicted molar refractivity (Wildman–Crippen MR) is 122 cm³/mol. The van der Waals surface area contributed by atoms with E-state index in [0.717, 1.165) is 16.9 Å². The SMILES string of the molecule is CCOC(=O)c1cn2c(=O)c([C@H]3C=CC[C@H]4C(=O)N(c5ccc(C)cc5)C(=O)[C@@H]34)cnc2s1. The van der Waals surface area contributed by atoms with E-state index >= 15 is 0 Å². The van der Waals surface area contributed by atoms with Crippen molar-refractivity contribution in [3.63, 3.8) is 0 Å². The number of hydrogen-bond donors (Lipinski definition) is 0. The molecule has 8 nitrogen and oxygen atoms in total. The summed E-state index contributed by atoms with van der Waals surface area (Å²) in [6.45, 7) is 3.87. The fourth-order valence-corrected chi connectivity index (χ4v) is 5.40. The smallest absolute Gasteiger partial charge is 0.349 e. The van der Waals surface area contributed by atoms with E-state index in [1.54, 1.807) is 19.1 Å². The number of imide groups is 1. The number of aromatic nitrogens is 2. The van der Waals surface area contributed by atoms with Gasteiger partial charge in [0.25, 0.3) is 5.56 Å². The number of fused-ring (bicyclic) bond motifs is 2. The summed E-state index contributed by atoms with van der Waals surface area (Å²) in [4.78, 5) is 58.2. The molecule has 0 radical (unpaired) electrons. The van der Waals surface area contributed by atoms with Crippen LogP contribution in [0.2, 0.25) is 0 Å². The quantitative estimate of drug-likeness (QED) is 0.335. The second-order valence-corrected chi connectivity index (χ2v) is 9.17. The van der Waals surface area contributed by atoms with Crippen molar-refractivity contribution < 1.29 is 19.1 Å². The number of rotatable bonds is 4. The van der Waals surface area contributed by atoms with E-state index in [1.165, 1.54) is 21.7 Å².